The Hall–Kier alpha value is -2.74. The molecular formula is C17H20N6O2. The molecular weight excluding hydrogens is 320 g/mol. The van der Waals surface area contributed by atoms with Crippen molar-refractivity contribution in [1.29, 1.82) is 0 Å². The summed E-state index contributed by atoms with van der Waals surface area (Å²) in [6, 6.07) is 6.41. The fourth-order valence-electron chi connectivity index (χ4n) is 3.33. The predicted octanol–water partition coefficient (Wildman–Crippen LogP) is 1.95. The highest BCUT2D eigenvalue weighted by Crippen LogP contribution is 2.32. The number of imidazole rings is 1. The lowest BCUT2D eigenvalue weighted by atomic mass is 10.2. The Labute approximate surface area is 144 Å². The maximum atomic E-state index is 11.5. The average molecular weight is 340 g/mol. The number of carbonyl (C=O) groups is 1. The predicted molar refractivity (Wildman–Crippen MR) is 90.9 cm³/mol. The first kappa shape index (κ1) is 15.8. The molecule has 0 radical (unpaired) electrons. The van der Waals surface area contributed by atoms with E-state index in [0.29, 0.717) is 12.4 Å². The molecule has 3 heterocycles. The van der Waals surface area contributed by atoms with E-state index < -0.39 is 0 Å². The minimum absolute atomic E-state index is 0.00698. The standard InChI is InChI=1S/C17H20N6O2/c1-10-5-6-11-12(8-10)20-15(19-11)13-4-3-7-23(13)9-14-21-17(25-22-14)16(24)18-2/h5-6,8,13H,3-4,7,9H2,1-2H3,(H,18,24)(H,19,20)/t13-/m1/s1. The van der Waals surface area contributed by atoms with Crippen LogP contribution in [0.1, 0.15) is 46.8 Å². The number of aryl methyl sites for hydroxylation is 1. The Morgan fingerprint density at radius 2 is 2.32 bits per heavy atom. The molecule has 25 heavy (non-hydrogen) atoms. The zero-order valence-corrected chi connectivity index (χ0v) is 14.2. The third-order valence-corrected chi connectivity index (χ3v) is 4.57. The number of rotatable bonds is 4. The lowest BCUT2D eigenvalue weighted by Gasteiger charge is -2.20. The second kappa shape index (κ2) is 6.29. The van der Waals surface area contributed by atoms with Gasteiger partial charge in [0.15, 0.2) is 5.82 Å². The molecule has 8 heteroatoms. The topological polar surface area (TPSA) is 99.9 Å². The number of fused-ring (bicyclic) bond motifs is 1. The van der Waals surface area contributed by atoms with Crippen molar-refractivity contribution in [1.82, 2.24) is 30.3 Å². The molecule has 130 valence electrons. The summed E-state index contributed by atoms with van der Waals surface area (Å²) in [6.07, 6.45) is 2.11. The van der Waals surface area contributed by atoms with Gasteiger partial charge in [0.2, 0.25) is 0 Å². The van der Waals surface area contributed by atoms with E-state index >= 15 is 0 Å². The van der Waals surface area contributed by atoms with Gasteiger partial charge in [-0.05, 0) is 44.0 Å². The quantitative estimate of drug-likeness (QED) is 0.753. The second-order valence-electron chi connectivity index (χ2n) is 6.37. The van der Waals surface area contributed by atoms with Crippen molar-refractivity contribution in [3.05, 3.63) is 41.3 Å². The first-order valence-electron chi connectivity index (χ1n) is 8.39. The molecule has 1 atom stereocenters. The fraction of sp³-hybridized carbons (Fsp3) is 0.412. The minimum atomic E-state index is -0.371. The van der Waals surface area contributed by atoms with Crippen molar-refractivity contribution in [3.8, 4) is 0 Å². The molecule has 2 aromatic heterocycles. The molecule has 1 amide bonds. The molecule has 1 aromatic carbocycles. The van der Waals surface area contributed by atoms with Gasteiger partial charge in [-0.1, -0.05) is 11.2 Å². The molecule has 0 bridgehead atoms. The van der Waals surface area contributed by atoms with E-state index in [0.717, 1.165) is 36.2 Å². The highest BCUT2D eigenvalue weighted by molar-refractivity contribution is 5.89. The molecule has 1 saturated heterocycles. The zero-order valence-electron chi connectivity index (χ0n) is 14.2. The van der Waals surface area contributed by atoms with E-state index in [2.05, 4.69) is 44.4 Å². The summed E-state index contributed by atoms with van der Waals surface area (Å²) in [5.74, 6) is 1.10. The summed E-state index contributed by atoms with van der Waals surface area (Å²) in [6.45, 7) is 3.54. The molecule has 3 aromatic rings. The van der Waals surface area contributed by atoms with Crippen molar-refractivity contribution >= 4 is 16.9 Å². The molecule has 0 spiro atoms. The third kappa shape index (κ3) is 3.00. The van der Waals surface area contributed by atoms with Crippen molar-refractivity contribution in [2.75, 3.05) is 13.6 Å². The molecule has 8 nitrogen and oxygen atoms in total. The van der Waals surface area contributed by atoms with Crippen LogP contribution in [0.5, 0.6) is 0 Å². The maximum absolute atomic E-state index is 11.5. The highest BCUT2D eigenvalue weighted by atomic mass is 16.5. The van der Waals surface area contributed by atoms with E-state index in [1.807, 2.05) is 6.07 Å². The Bertz CT molecular complexity index is 915. The molecule has 1 aliphatic heterocycles. The first-order valence-corrected chi connectivity index (χ1v) is 8.39. The number of hydrogen-bond acceptors (Lipinski definition) is 6. The lowest BCUT2D eigenvalue weighted by Crippen LogP contribution is -2.24. The Balaban J connectivity index is 1.55. The summed E-state index contributed by atoms with van der Waals surface area (Å²) in [5, 5.41) is 6.39. The van der Waals surface area contributed by atoms with Crippen LogP contribution in [-0.4, -0.2) is 44.5 Å². The van der Waals surface area contributed by atoms with E-state index in [1.165, 1.54) is 12.6 Å². The van der Waals surface area contributed by atoms with Crippen LogP contribution in [0.15, 0.2) is 22.7 Å². The van der Waals surface area contributed by atoms with Crippen LogP contribution in [0.25, 0.3) is 11.0 Å². The van der Waals surface area contributed by atoms with Gasteiger partial charge in [-0.15, -0.1) is 0 Å². The third-order valence-electron chi connectivity index (χ3n) is 4.57. The summed E-state index contributed by atoms with van der Waals surface area (Å²) >= 11 is 0. The van der Waals surface area contributed by atoms with Crippen LogP contribution >= 0.6 is 0 Å². The van der Waals surface area contributed by atoms with E-state index in [-0.39, 0.29) is 17.8 Å². The Morgan fingerprint density at radius 1 is 1.44 bits per heavy atom. The van der Waals surface area contributed by atoms with Gasteiger partial charge in [0, 0.05) is 7.05 Å². The number of hydrogen-bond donors (Lipinski definition) is 2. The summed E-state index contributed by atoms with van der Waals surface area (Å²) in [4.78, 5) is 26.2. The number of aromatic amines is 1. The number of benzene rings is 1. The van der Waals surface area contributed by atoms with Crippen LogP contribution in [-0.2, 0) is 6.54 Å². The number of nitrogens with one attached hydrogen (secondary N) is 2. The molecule has 1 fully saturated rings. The molecule has 0 unspecified atom stereocenters. The van der Waals surface area contributed by atoms with Gasteiger partial charge in [0.25, 0.3) is 0 Å². The monoisotopic (exact) mass is 340 g/mol. The molecule has 0 aliphatic carbocycles. The van der Waals surface area contributed by atoms with Crippen molar-refractivity contribution in [3.63, 3.8) is 0 Å². The van der Waals surface area contributed by atoms with Gasteiger partial charge in [-0.25, -0.2) is 4.98 Å². The Morgan fingerprint density at radius 3 is 3.16 bits per heavy atom. The smallest absolute Gasteiger partial charge is 0.315 e. The van der Waals surface area contributed by atoms with E-state index in [9.17, 15) is 4.79 Å². The van der Waals surface area contributed by atoms with E-state index in [4.69, 9.17) is 9.51 Å². The molecule has 0 saturated carbocycles. The summed E-state index contributed by atoms with van der Waals surface area (Å²) in [5.41, 5.74) is 3.25. The fourth-order valence-corrected chi connectivity index (χ4v) is 3.33. The van der Waals surface area contributed by atoms with Gasteiger partial charge in [-0.3, -0.25) is 9.69 Å². The van der Waals surface area contributed by atoms with Crippen LogP contribution < -0.4 is 5.32 Å². The number of likely N-dealkylation sites (tertiary alicyclic amines) is 1. The van der Waals surface area contributed by atoms with Crippen molar-refractivity contribution in [2.45, 2.75) is 32.4 Å². The van der Waals surface area contributed by atoms with E-state index in [1.54, 1.807) is 0 Å². The van der Waals surface area contributed by atoms with Crippen LogP contribution in [0.2, 0.25) is 0 Å². The van der Waals surface area contributed by atoms with Gasteiger partial charge in [0.05, 0.1) is 23.6 Å². The number of amides is 1. The lowest BCUT2D eigenvalue weighted by molar-refractivity contribution is 0.0919. The number of nitrogens with zero attached hydrogens (tertiary/aromatic N) is 4. The zero-order chi connectivity index (χ0) is 17.4. The SMILES string of the molecule is CNC(=O)c1nc(CN2CCC[C@@H]2c2nc3ccc(C)cc3[nH]2)no1. The minimum Gasteiger partial charge on any atom is -0.351 e. The van der Waals surface area contributed by atoms with Crippen LogP contribution in [0.4, 0.5) is 0 Å². The second-order valence-corrected chi connectivity index (χ2v) is 6.37. The average Bonchev–Trinajstić information content (AvgIpc) is 3.32. The molecule has 1 aliphatic rings. The van der Waals surface area contributed by atoms with Gasteiger partial charge in [0.1, 0.15) is 5.82 Å². The van der Waals surface area contributed by atoms with Gasteiger partial charge in [-0.2, -0.15) is 4.98 Å². The largest absolute Gasteiger partial charge is 0.351 e. The molecule has 2 N–H and O–H groups in total. The Kier molecular flexibility index (Phi) is 3.96. The van der Waals surface area contributed by atoms with Crippen LogP contribution in [0.3, 0.4) is 0 Å². The number of aromatic nitrogens is 4. The van der Waals surface area contributed by atoms with Crippen molar-refractivity contribution < 1.29 is 9.32 Å². The van der Waals surface area contributed by atoms with Gasteiger partial charge >= 0.3 is 11.8 Å². The summed E-state index contributed by atoms with van der Waals surface area (Å²) in [7, 11) is 1.53. The highest BCUT2D eigenvalue weighted by Gasteiger charge is 2.30. The maximum Gasteiger partial charge on any atom is 0.315 e. The normalized spacial score (nSPS) is 18.1. The van der Waals surface area contributed by atoms with Crippen molar-refractivity contribution in [2.24, 2.45) is 0 Å². The summed E-state index contributed by atoms with van der Waals surface area (Å²) < 4.78 is 5.01. The first-order chi connectivity index (χ1) is 12.1. The number of carbonyl (C=O) groups excluding carboxylic acids is 1. The molecule has 4 rings (SSSR count). The van der Waals surface area contributed by atoms with Gasteiger partial charge < -0.3 is 14.8 Å². The van der Waals surface area contributed by atoms with Crippen LogP contribution in [0, 0.1) is 6.92 Å². The number of H-pyrrole nitrogens is 1.